The lowest BCUT2D eigenvalue weighted by atomic mass is 9.48. The van der Waals surface area contributed by atoms with Crippen LogP contribution in [-0.4, -0.2) is 82.5 Å². The molecule has 2 rings (SSSR count). The van der Waals surface area contributed by atoms with E-state index in [1.165, 1.54) is 14.2 Å². The highest BCUT2D eigenvalue weighted by Gasteiger charge is 2.39. The van der Waals surface area contributed by atoms with E-state index in [-0.39, 0.29) is 13.1 Å². The molecule has 2 aromatic rings. The number of methoxy groups -OCH3 is 2. The zero-order valence-electron chi connectivity index (χ0n) is 17.5. The SMILES string of the molecule is [B]C([B])(CNCC([B])(O)C([B])([B])Oc1cccc(C)c1)c1ccc(OC)c(OC)c1. The second-order valence-corrected chi connectivity index (χ2v) is 7.35. The van der Waals surface area contributed by atoms with Gasteiger partial charge in [0.25, 0.3) is 0 Å². The van der Waals surface area contributed by atoms with E-state index in [0.29, 0.717) is 22.8 Å². The summed E-state index contributed by atoms with van der Waals surface area (Å²) in [6.45, 7) is 1.69. The minimum atomic E-state index is -2.13. The summed E-state index contributed by atoms with van der Waals surface area (Å²) in [6.07, 6.45) is 0. The third-order valence-corrected chi connectivity index (χ3v) is 4.69. The van der Waals surface area contributed by atoms with E-state index in [4.69, 9.17) is 53.4 Å². The predicted octanol–water partition coefficient (Wildman–Crippen LogP) is 0.0185. The molecule has 0 amide bonds. The predicted molar refractivity (Wildman–Crippen MR) is 122 cm³/mol. The van der Waals surface area contributed by atoms with Gasteiger partial charge in [0.15, 0.2) is 11.5 Å². The molecule has 10 heteroatoms. The van der Waals surface area contributed by atoms with Crippen molar-refractivity contribution in [3.05, 3.63) is 53.6 Å². The van der Waals surface area contributed by atoms with Gasteiger partial charge in [-0.15, -0.1) is 0 Å². The van der Waals surface area contributed by atoms with Gasteiger partial charge in [0, 0.05) is 11.9 Å². The van der Waals surface area contributed by atoms with E-state index < -0.39 is 16.1 Å². The van der Waals surface area contributed by atoms with E-state index in [9.17, 15) is 5.11 Å². The standard InChI is InChI=1S/C20H22B5NO4/c1-13-5-4-6-15(9-13)30-20(24,25)19(23,27)12-26-11-18(21,22)14-7-8-16(28-2)17(10-14)29-3/h4-10,26-27H,11-12H2,1-3H3. The smallest absolute Gasteiger partial charge is 0.160 e. The average Bonchev–Trinajstić information content (AvgIpc) is 2.66. The highest BCUT2D eigenvalue weighted by Crippen LogP contribution is 2.31. The molecule has 5 nitrogen and oxygen atoms in total. The molecule has 0 aromatic heterocycles. The van der Waals surface area contributed by atoms with Crippen LogP contribution in [0.15, 0.2) is 42.5 Å². The second-order valence-electron chi connectivity index (χ2n) is 7.35. The highest BCUT2D eigenvalue weighted by molar-refractivity contribution is 6.44. The van der Waals surface area contributed by atoms with Gasteiger partial charge in [0.2, 0.25) is 0 Å². The monoisotopic (exact) mass is 395 g/mol. The van der Waals surface area contributed by atoms with E-state index in [2.05, 4.69) is 5.32 Å². The van der Waals surface area contributed by atoms with Gasteiger partial charge in [-0.25, -0.2) is 0 Å². The van der Waals surface area contributed by atoms with Crippen molar-refractivity contribution in [3.63, 3.8) is 0 Å². The lowest BCUT2D eigenvalue weighted by molar-refractivity contribution is 0.0208. The molecular weight excluding hydrogens is 372 g/mol. The fraction of sp³-hybridized carbons (Fsp3) is 0.400. The third-order valence-electron chi connectivity index (χ3n) is 4.69. The number of aliphatic hydroxyl groups is 1. The highest BCUT2D eigenvalue weighted by atomic mass is 16.5. The van der Waals surface area contributed by atoms with Crippen molar-refractivity contribution in [2.24, 2.45) is 0 Å². The maximum atomic E-state index is 10.6. The van der Waals surface area contributed by atoms with Crippen LogP contribution >= 0.6 is 0 Å². The number of nitrogens with one attached hydrogen (secondary N) is 1. The Morgan fingerprint density at radius 1 is 0.900 bits per heavy atom. The first-order chi connectivity index (χ1) is 13.9. The molecule has 2 N–H and O–H groups in total. The van der Waals surface area contributed by atoms with Gasteiger partial charge in [0.05, 0.1) is 35.4 Å². The number of ether oxygens (including phenoxy) is 3. The van der Waals surface area contributed by atoms with Gasteiger partial charge in [-0.3, -0.25) is 0 Å². The van der Waals surface area contributed by atoms with Crippen LogP contribution in [-0.2, 0) is 5.21 Å². The Kier molecular flexibility index (Phi) is 7.70. The number of aryl methyl sites for hydroxylation is 1. The summed E-state index contributed by atoms with van der Waals surface area (Å²) in [4.78, 5) is 0. The van der Waals surface area contributed by atoms with Crippen molar-refractivity contribution in [1.82, 2.24) is 5.32 Å². The van der Waals surface area contributed by atoms with Crippen LogP contribution in [0, 0.1) is 6.92 Å². The molecule has 0 heterocycles. The molecule has 2 aromatic carbocycles. The van der Waals surface area contributed by atoms with Crippen molar-refractivity contribution >= 4 is 39.2 Å². The average molecular weight is 394 g/mol. The van der Waals surface area contributed by atoms with Crippen LogP contribution in [0.2, 0.25) is 0 Å². The minimum absolute atomic E-state index is 0.0442. The molecule has 146 valence electrons. The molecule has 0 aliphatic rings. The lowest BCUT2D eigenvalue weighted by Crippen LogP contribution is -2.64. The number of benzene rings is 2. The van der Waals surface area contributed by atoms with Gasteiger partial charge in [-0.2, -0.15) is 0 Å². The van der Waals surface area contributed by atoms with Crippen molar-refractivity contribution in [3.8, 4) is 17.2 Å². The normalized spacial score (nSPS) is 14.0. The first-order valence-electron chi connectivity index (χ1n) is 9.27. The van der Waals surface area contributed by atoms with Crippen LogP contribution in [0.4, 0.5) is 0 Å². The molecule has 0 bridgehead atoms. The third kappa shape index (κ3) is 5.82. The Labute approximate surface area is 185 Å². The van der Waals surface area contributed by atoms with Crippen LogP contribution in [0.1, 0.15) is 11.1 Å². The van der Waals surface area contributed by atoms with Gasteiger partial charge in [-0.05, 0) is 43.3 Å². The van der Waals surface area contributed by atoms with Gasteiger partial charge < -0.3 is 24.6 Å². The van der Waals surface area contributed by atoms with Crippen molar-refractivity contribution in [2.75, 3.05) is 27.3 Å². The Bertz CT molecular complexity index is 861. The summed E-state index contributed by atoms with van der Waals surface area (Å²) < 4.78 is 16.0. The number of rotatable bonds is 10. The fourth-order valence-corrected chi connectivity index (χ4v) is 2.79. The Hall–Kier alpha value is -1.92. The molecule has 30 heavy (non-hydrogen) atoms. The van der Waals surface area contributed by atoms with E-state index >= 15 is 0 Å². The summed E-state index contributed by atoms with van der Waals surface area (Å²) in [5.41, 5.74) is -0.617. The maximum absolute atomic E-state index is 10.6. The molecule has 0 aliphatic heterocycles. The molecule has 0 fully saturated rings. The van der Waals surface area contributed by atoms with Crippen LogP contribution in [0.5, 0.6) is 17.2 Å². The van der Waals surface area contributed by atoms with Crippen molar-refractivity contribution in [2.45, 2.75) is 23.0 Å². The molecule has 0 aliphatic carbocycles. The fourth-order valence-electron chi connectivity index (χ4n) is 2.79. The second kappa shape index (κ2) is 9.48. The number of hydrogen-bond donors (Lipinski definition) is 2. The van der Waals surface area contributed by atoms with Gasteiger partial charge in [-0.1, -0.05) is 29.0 Å². The summed E-state index contributed by atoms with van der Waals surface area (Å²) in [5, 5.41) is 10.1. The first kappa shape index (κ1) is 24.4. The number of hydrogen-bond acceptors (Lipinski definition) is 5. The van der Waals surface area contributed by atoms with E-state index in [1.807, 2.05) is 13.0 Å². The molecule has 0 saturated heterocycles. The molecule has 0 spiro atoms. The summed E-state index contributed by atoms with van der Waals surface area (Å²) >= 11 is 0. The zero-order chi connectivity index (χ0) is 22.6. The quantitative estimate of drug-likeness (QED) is 0.557. The van der Waals surface area contributed by atoms with Gasteiger partial charge in [0.1, 0.15) is 29.3 Å². The van der Waals surface area contributed by atoms with Crippen molar-refractivity contribution in [1.29, 1.82) is 0 Å². The van der Waals surface area contributed by atoms with Crippen LogP contribution in [0.3, 0.4) is 0 Å². The summed E-state index contributed by atoms with van der Waals surface area (Å²) in [6, 6.07) is 12.1. The molecule has 1 atom stereocenters. The largest absolute Gasteiger partial charge is 0.505 e. The Balaban J connectivity index is 2.04. The van der Waals surface area contributed by atoms with Crippen LogP contribution in [0.25, 0.3) is 0 Å². The Morgan fingerprint density at radius 3 is 2.17 bits per heavy atom. The summed E-state index contributed by atoms with van der Waals surface area (Å²) in [7, 11) is 33.4. The minimum Gasteiger partial charge on any atom is -0.505 e. The van der Waals surface area contributed by atoms with E-state index in [0.717, 1.165) is 5.56 Å². The maximum Gasteiger partial charge on any atom is 0.160 e. The lowest BCUT2D eigenvalue weighted by Gasteiger charge is -2.43. The summed E-state index contributed by atoms with van der Waals surface area (Å²) in [5.74, 6) is 1.41. The molecule has 1 unspecified atom stereocenters. The molecule has 0 saturated carbocycles. The zero-order valence-corrected chi connectivity index (χ0v) is 17.5. The van der Waals surface area contributed by atoms with Crippen LogP contribution < -0.4 is 19.5 Å². The van der Waals surface area contributed by atoms with Gasteiger partial charge >= 0.3 is 0 Å². The first-order valence-corrected chi connectivity index (χ1v) is 9.27. The molecule has 10 radical (unpaired) electrons. The van der Waals surface area contributed by atoms with Crippen molar-refractivity contribution < 1.29 is 19.3 Å². The van der Waals surface area contributed by atoms with E-state index in [1.54, 1.807) is 36.4 Å². The Morgan fingerprint density at radius 2 is 1.57 bits per heavy atom. The topological polar surface area (TPSA) is 60.0 Å². The molecular formula is C20H22B5NO4.